The molecule has 0 aliphatic carbocycles. The number of likely N-dealkylation sites (tertiary alicyclic amines) is 1. The number of carbonyl (C=O) groups is 1. The number of rotatable bonds is 4. The second-order valence-electron chi connectivity index (χ2n) is 5.21. The highest BCUT2D eigenvalue weighted by Crippen LogP contribution is 2.25. The van der Waals surface area contributed by atoms with Gasteiger partial charge in [0.15, 0.2) is 9.84 Å². The SMILES string of the molecule is CS(=O)(=O)c1ccc(Cl)c(NC(=O)CSC(=S)N2CCCC2)c1. The van der Waals surface area contributed by atoms with Crippen LogP contribution >= 0.6 is 35.6 Å². The number of benzene rings is 1. The number of thiocarbonyl (C=S) groups is 1. The Morgan fingerprint density at radius 2 is 2.04 bits per heavy atom. The Kier molecular flexibility index (Phi) is 6.30. The molecule has 0 unspecified atom stereocenters. The predicted molar refractivity (Wildman–Crippen MR) is 99.1 cm³/mol. The van der Waals surface area contributed by atoms with Gasteiger partial charge in [-0.25, -0.2) is 8.42 Å². The molecule has 9 heteroatoms. The lowest BCUT2D eigenvalue weighted by molar-refractivity contribution is -0.113. The molecule has 126 valence electrons. The minimum Gasteiger partial charge on any atom is -0.358 e. The molecule has 1 N–H and O–H groups in total. The fourth-order valence-corrected chi connectivity index (χ4v) is 4.00. The molecular formula is C14H17ClN2O3S3. The first-order valence-electron chi connectivity index (χ1n) is 6.98. The number of hydrogen-bond donors (Lipinski definition) is 1. The summed E-state index contributed by atoms with van der Waals surface area (Å²) in [4.78, 5) is 14.2. The number of amides is 1. The first-order valence-corrected chi connectivity index (χ1v) is 10.6. The van der Waals surface area contributed by atoms with Crippen molar-refractivity contribution in [3.63, 3.8) is 0 Å². The molecule has 1 aromatic carbocycles. The van der Waals surface area contributed by atoms with E-state index in [4.69, 9.17) is 23.8 Å². The van der Waals surface area contributed by atoms with E-state index in [2.05, 4.69) is 10.2 Å². The fourth-order valence-electron chi connectivity index (χ4n) is 2.14. The third-order valence-electron chi connectivity index (χ3n) is 3.33. The summed E-state index contributed by atoms with van der Waals surface area (Å²) in [6.07, 6.45) is 3.35. The van der Waals surface area contributed by atoms with Crippen molar-refractivity contribution in [1.82, 2.24) is 4.90 Å². The summed E-state index contributed by atoms with van der Waals surface area (Å²) < 4.78 is 23.8. The molecule has 0 atom stereocenters. The standard InChI is InChI=1S/C14H17ClN2O3S3/c1-23(19,20)10-4-5-11(15)12(8-10)16-13(18)9-22-14(21)17-6-2-3-7-17/h4-5,8H,2-3,6-7,9H2,1H3,(H,16,18). The Morgan fingerprint density at radius 3 is 2.65 bits per heavy atom. The summed E-state index contributed by atoms with van der Waals surface area (Å²) in [5, 5.41) is 2.92. The van der Waals surface area contributed by atoms with Crippen LogP contribution in [0.3, 0.4) is 0 Å². The summed E-state index contributed by atoms with van der Waals surface area (Å²) >= 11 is 12.6. The Morgan fingerprint density at radius 1 is 1.39 bits per heavy atom. The van der Waals surface area contributed by atoms with Gasteiger partial charge in [0.1, 0.15) is 4.32 Å². The number of nitrogens with zero attached hydrogens (tertiary/aromatic N) is 1. The molecule has 1 heterocycles. The first-order chi connectivity index (χ1) is 10.8. The van der Waals surface area contributed by atoms with E-state index < -0.39 is 9.84 Å². The van der Waals surface area contributed by atoms with Crippen molar-refractivity contribution in [1.29, 1.82) is 0 Å². The van der Waals surface area contributed by atoms with Crippen LogP contribution in [0.5, 0.6) is 0 Å². The number of nitrogens with one attached hydrogen (secondary N) is 1. The quantitative estimate of drug-likeness (QED) is 0.795. The highest BCUT2D eigenvalue weighted by Gasteiger charge is 2.17. The summed E-state index contributed by atoms with van der Waals surface area (Å²) in [7, 11) is -3.36. The maximum atomic E-state index is 12.0. The Hall–Kier alpha value is -0.830. The van der Waals surface area contributed by atoms with E-state index in [-0.39, 0.29) is 27.3 Å². The zero-order chi connectivity index (χ0) is 17.0. The molecule has 2 rings (SSSR count). The minimum atomic E-state index is -3.36. The number of carbonyl (C=O) groups excluding carboxylic acids is 1. The molecule has 0 bridgehead atoms. The van der Waals surface area contributed by atoms with E-state index in [0.29, 0.717) is 4.32 Å². The zero-order valence-corrected chi connectivity index (χ0v) is 15.7. The summed E-state index contributed by atoms with van der Waals surface area (Å²) in [5.41, 5.74) is 0.285. The van der Waals surface area contributed by atoms with Crippen LogP contribution in [0.25, 0.3) is 0 Å². The van der Waals surface area contributed by atoms with E-state index >= 15 is 0 Å². The van der Waals surface area contributed by atoms with Gasteiger partial charge >= 0.3 is 0 Å². The second kappa shape index (κ2) is 7.83. The number of hydrogen-bond acceptors (Lipinski definition) is 5. The van der Waals surface area contributed by atoms with Crippen LogP contribution in [0.2, 0.25) is 5.02 Å². The van der Waals surface area contributed by atoms with Gasteiger partial charge in [-0.1, -0.05) is 35.6 Å². The summed E-state index contributed by atoms with van der Waals surface area (Å²) in [6.45, 7) is 1.88. The fraction of sp³-hybridized carbons (Fsp3) is 0.429. The van der Waals surface area contributed by atoms with Crippen LogP contribution in [0.1, 0.15) is 12.8 Å². The van der Waals surface area contributed by atoms with Crippen LogP contribution in [0, 0.1) is 0 Å². The second-order valence-corrected chi connectivity index (χ2v) is 9.24. The lowest BCUT2D eigenvalue weighted by Gasteiger charge is -2.17. The smallest absolute Gasteiger partial charge is 0.234 e. The van der Waals surface area contributed by atoms with Gasteiger partial charge in [0.25, 0.3) is 0 Å². The normalized spacial score (nSPS) is 14.8. The molecule has 1 aromatic rings. The largest absolute Gasteiger partial charge is 0.358 e. The molecule has 23 heavy (non-hydrogen) atoms. The van der Waals surface area contributed by atoms with Gasteiger partial charge in [0.05, 0.1) is 21.4 Å². The molecule has 5 nitrogen and oxygen atoms in total. The zero-order valence-electron chi connectivity index (χ0n) is 12.5. The van der Waals surface area contributed by atoms with Gasteiger partial charge in [-0.15, -0.1) is 0 Å². The molecule has 0 saturated carbocycles. The van der Waals surface area contributed by atoms with Crippen molar-refractivity contribution in [2.45, 2.75) is 17.7 Å². The molecular weight excluding hydrogens is 376 g/mol. The Bertz CT molecular complexity index is 716. The van der Waals surface area contributed by atoms with Gasteiger partial charge in [0, 0.05) is 19.3 Å². The minimum absolute atomic E-state index is 0.109. The maximum Gasteiger partial charge on any atom is 0.234 e. The summed E-state index contributed by atoms with van der Waals surface area (Å²) in [6, 6.07) is 4.22. The van der Waals surface area contributed by atoms with E-state index in [1.807, 2.05) is 0 Å². The number of thioether (sulfide) groups is 1. The molecule has 1 amide bonds. The van der Waals surface area contributed by atoms with Crippen molar-refractivity contribution in [3.05, 3.63) is 23.2 Å². The van der Waals surface area contributed by atoms with E-state index in [1.54, 1.807) is 0 Å². The molecule has 1 saturated heterocycles. The van der Waals surface area contributed by atoms with Crippen molar-refractivity contribution in [2.75, 3.05) is 30.4 Å². The number of halogens is 1. The van der Waals surface area contributed by atoms with Crippen LogP contribution in [0.4, 0.5) is 5.69 Å². The van der Waals surface area contributed by atoms with Crippen molar-refractivity contribution < 1.29 is 13.2 Å². The van der Waals surface area contributed by atoms with Crippen molar-refractivity contribution in [2.24, 2.45) is 0 Å². The average molecular weight is 393 g/mol. The molecule has 1 fully saturated rings. The van der Waals surface area contributed by atoms with E-state index in [0.717, 1.165) is 32.2 Å². The van der Waals surface area contributed by atoms with Crippen LogP contribution < -0.4 is 5.32 Å². The van der Waals surface area contributed by atoms with Gasteiger partial charge < -0.3 is 10.2 Å². The molecule has 1 aliphatic rings. The van der Waals surface area contributed by atoms with Crippen LogP contribution in [-0.2, 0) is 14.6 Å². The Balaban J connectivity index is 1.96. The molecule has 1 aliphatic heterocycles. The topological polar surface area (TPSA) is 66.5 Å². The number of anilines is 1. The lowest BCUT2D eigenvalue weighted by Crippen LogP contribution is -2.25. The highest BCUT2D eigenvalue weighted by molar-refractivity contribution is 8.23. The average Bonchev–Trinajstić information content (AvgIpc) is 3.00. The molecule has 0 spiro atoms. The third kappa shape index (κ3) is 5.34. The summed E-state index contributed by atoms with van der Waals surface area (Å²) in [5.74, 6) is -0.113. The highest BCUT2D eigenvalue weighted by atomic mass is 35.5. The van der Waals surface area contributed by atoms with Crippen LogP contribution in [-0.4, -0.2) is 48.6 Å². The molecule has 0 radical (unpaired) electrons. The van der Waals surface area contributed by atoms with Gasteiger partial charge in [-0.05, 0) is 31.0 Å². The number of sulfone groups is 1. The van der Waals surface area contributed by atoms with Crippen LogP contribution in [0.15, 0.2) is 23.1 Å². The van der Waals surface area contributed by atoms with Crippen molar-refractivity contribution >= 4 is 61.3 Å². The predicted octanol–water partition coefficient (Wildman–Crippen LogP) is 2.80. The van der Waals surface area contributed by atoms with Gasteiger partial charge in [-0.2, -0.15) is 0 Å². The van der Waals surface area contributed by atoms with Gasteiger partial charge in [0.2, 0.25) is 5.91 Å². The first kappa shape index (κ1) is 18.5. The van der Waals surface area contributed by atoms with Gasteiger partial charge in [-0.3, -0.25) is 4.79 Å². The van der Waals surface area contributed by atoms with Crippen molar-refractivity contribution in [3.8, 4) is 0 Å². The van der Waals surface area contributed by atoms with E-state index in [1.165, 1.54) is 30.0 Å². The third-order valence-corrected chi connectivity index (χ3v) is 6.29. The monoisotopic (exact) mass is 392 g/mol. The lowest BCUT2D eigenvalue weighted by atomic mass is 10.3. The van der Waals surface area contributed by atoms with E-state index in [9.17, 15) is 13.2 Å². The Labute approximate surface area is 150 Å². The maximum absolute atomic E-state index is 12.0. The molecule has 0 aromatic heterocycles.